The Balaban J connectivity index is 1.63. The molecule has 4 rings (SSSR count). The molecule has 1 heterocycles. The second kappa shape index (κ2) is 11.3. The Kier molecular flexibility index (Phi) is 8.16. The van der Waals surface area contributed by atoms with Crippen molar-refractivity contribution in [2.24, 2.45) is 0 Å². The number of carbonyl (C=O) groups excluding carboxylic acids is 2. The third-order valence-electron chi connectivity index (χ3n) is 7.07. The highest BCUT2D eigenvalue weighted by Gasteiger charge is 2.43. The molecule has 0 radical (unpaired) electrons. The molecule has 188 valence electrons. The van der Waals surface area contributed by atoms with Crippen molar-refractivity contribution in [3.05, 3.63) is 58.4 Å². The molecule has 0 spiro atoms. The largest absolute Gasteiger partial charge is 0.493 e. The van der Waals surface area contributed by atoms with Gasteiger partial charge in [0.25, 0.3) is 5.91 Å². The molecule has 2 fully saturated rings. The molecule has 1 unspecified atom stereocenters. The average Bonchev–Trinajstić information content (AvgIpc) is 3.14. The first-order valence-electron chi connectivity index (χ1n) is 12.2. The molecule has 0 aromatic heterocycles. The van der Waals surface area contributed by atoms with Crippen LogP contribution in [0.25, 0.3) is 0 Å². The fraction of sp³-hybridized carbons (Fsp3) is 0.481. The Labute approximate surface area is 210 Å². The standard InChI is InChI=1S/C27H32ClFN2O4/c1-34-23-12-9-18(15-24(23)35-2)13-14-30-25(32)17-31(20-7-5-3-4-6-8-20)27(33)26(30)21-11-10-19(29)16-22(21)28/h9-12,15-16,20,26H,3-8,13-14,17H2,1-2H3. The maximum atomic E-state index is 13.9. The molecular formula is C27H32ClFN2O4. The van der Waals surface area contributed by atoms with Gasteiger partial charge in [0.05, 0.1) is 14.2 Å². The number of nitrogens with zero attached hydrogens (tertiary/aromatic N) is 2. The molecule has 1 saturated carbocycles. The topological polar surface area (TPSA) is 59.1 Å². The van der Waals surface area contributed by atoms with Crippen LogP contribution in [0.1, 0.15) is 55.7 Å². The van der Waals surface area contributed by atoms with Gasteiger partial charge in [0.15, 0.2) is 11.5 Å². The number of amides is 2. The molecule has 0 N–H and O–H groups in total. The van der Waals surface area contributed by atoms with Gasteiger partial charge >= 0.3 is 0 Å². The first-order chi connectivity index (χ1) is 16.9. The molecule has 2 aromatic rings. The number of methoxy groups -OCH3 is 2. The summed E-state index contributed by atoms with van der Waals surface area (Å²) in [6, 6.07) is 8.77. The van der Waals surface area contributed by atoms with E-state index in [1.54, 1.807) is 24.0 Å². The third kappa shape index (κ3) is 5.56. The molecule has 1 aliphatic heterocycles. The van der Waals surface area contributed by atoms with Gasteiger partial charge in [0, 0.05) is 23.2 Å². The number of benzene rings is 2. The highest BCUT2D eigenvalue weighted by Crippen LogP contribution is 2.36. The minimum Gasteiger partial charge on any atom is -0.493 e. The zero-order chi connectivity index (χ0) is 24.9. The number of carbonyl (C=O) groups is 2. The maximum Gasteiger partial charge on any atom is 0.250 e. The average molecular weight is 503 g/mol. The molecular weight excluding hydrogens is 471 g/mol. The smallest absolute Gasteiger partial charge is 0.250 e. The zero-order valence-corrected chi connectivity index (χ0v) is 21.0. The number of rotatable bonds is 7. The van der Waals surface area contributed by atoms with Crippen molar-refractivity contribution >= 4 is 23.4 Å². The zero-order valence-electron chi connectivity index (χ0n) is 20.3. The first-order valence-corrected chi connectivity index (χ1v) is 12.6. The molecule has 2 amide bonds. The number of ether oxygens (including phenoxy) is 2. The van der Waals surface area contributed by atoms with Gasteiger partial charge in [-0.2, -0.15) is 0 Å². The number of piperazine rings is 1. The van der Waals surface area contributed by atoms with Gasteiger partial charge in [-0.25, -0.2) is 4.39 Å². The Morgan fingerprint density at radius 3 is 2.34 bits per heavy atom. The minimum atomic E-state index is -0.882. The van der Waals surface area contributed by atoms with E-state index in [9.17, 15) is 14.0 Å². The van der Waals surface area contributed by atoms with Gasteiger partial charge in [0.2, 0.25) is 5.91 Å². The van der Waals surface area contributed by atoms with Crippen molar-refractivity contribution in [3.63, 3.8) is 0 Å². The molecule has 2 aromatic carbocycles. The highest BCUT2D eigenvalue weighted by atomic mass is 35.5. The summed E-state index contributed by atoms with van der Waals surface area (Å²) < 4.78 is 24.5. The van der Waals surface area contributed by atoms with E-state index in [0.29, 0.717) is 30.0 Å². The summed E-state index contributed by atoms with van der Waals surface area (Å²) in [4.78, 5) is 30.7. The quantitative estimate of drug-likeness (QED) is 0.490. The van der Waals surface area contributed by atoms with E-state index in [0.717, 1.165) is 44.1 Å². The van der Waals surface area contributed by atoms with E-state index in [-0.39, 0.29) is 29.4 Å². The van der Waals surface area contributed by atoms with E-state index in [4.69, 9.17) is 21.1 Å². The molecule has 1 atom stereocenters. The Morgan fingerprint density at radius 1 is 0.971 bits per heavy atom. The van der Waals surface area contributed by atoms with Crippen molar-refractivity contribution < 1.29 is 23.5 Å². The summed E-state index contributed by atoms with van der Waals surface area (Å²) in [5.41, 5.74) is 1.40. The predicted octanol–water partition coefficient (Wildman–Crippen LogP) is 5.17. The van der Waals surface area contributed by atoms with E-state index in [2.05, 4.69) is 0 Å². The van der Waals surface area contributed by atoms with Crippen LogP contribution in [-0.2, 0) is 16.0 Å². The van der Waals surface area contributed by atoms with E-state index in [1.165, 1.54) is 18.2 Å². The van der Waals surface area contributed by atoms with Crippen LogP contribution in [0, 0.1) is 5.82 Å². The van der Waals surface area contributed by atoms with Gasteiger partial charge in [-0.05, 0) is 49.1 Å². The van der Waals surface area contributed by atoms with Gasteiger partial charge in [-0.1, -0.05) is 49.4 Å². The summed E-state index contributed by atoms with van der Waals surface area (Å²) in [5.74, 6) is 0.474. The van der Waals surface area contributed by atoms with Crippen molar-refractivity contribution in [1.29, 1.82) is 0 Å². The summed E-state index contributed by atoms with van der Waals surface area (Å²) in [7, 11) is 3.15. The van der Waals surface area contributed by atoms with Crippen molar-refractivity contribution in [3.8, 4) is 11.5 Å². The van der Waals surface area contributed by atoms with Crippen molar-refractivity contribution in [2.75, 3.05) is 27.3 Å². The van der Waals surface area contributed by atoms with Gasteiger partial charge < -0.3 is 19.3 Å². The molecule has 8 heteroatoms. The van der Waals surface area contributed by atoms with E-state index >= 15 is 0 Å². The van der Waals surface area contributed by atoms with E-state index < -0.39 is 11.9 Å². The lowest BCUT2D eigenvalue weighted by Crippen LogP contribution is -2.58. The fourth-order valence-electron chi connectivity index (χ4n) is 5.19. The van der Waals surface area contributed by atoms with Crippen LogP contribution in [0.3, 0.4) is 0 Å². The summed E-state index contributed by atoms with van der Waals surface area (Å²) in [6.07, 6.45) is 6.71. The van der Waals surface area contributed by atoms with Crippen LogP contribution in [0.4, 0.5) is 4.39 Å². The molecule has 1 saturated heterocycles. The lowest BCUT2D eigenvalue weighted by atomic mass is 9.96. The van der Waals surface area contributed by atoms with Crippen LogP contribution in [0.5, 0.6) is 11.5 Å². The summed E-state index contributed by atoms with van der Waals surface area (Å²) >= 11 is 6.41. The second-order valence-electron chi connectivity index (χ2n) is 9.21. The van der Waals surface area contributed by atoms with Gasteiger partial charge in [-0.15, -0.1) is 0 Å². The van der Waals surface area contributed by atoms with Crippen LogP contribution < -0.4 is 9.47 Å². The maximum absolute atomic E-state index is 13.9. The van der Waals surface area contributed by atoms with Crippen LogP contribution in [0.15, 0.2) is 36.4 Å². The second-order valence-corrected chi connectivity index (χ2v) is 9.61. The normalized spacial score (nSPS) is 19.6. The van der Waals surface area contributed by atoms with Crippen molar-refractivity contribution in [2.45, 2.75) is 57.0 Å². The van der Waals surface area contributed by atoms with Gasteiger partial charge in [-0.3, -0.25) is 9.59 Å². The molecule has 35 heavy (non-hydrogen) atoms. The lowest BCUT2D eigenvalue weighted by Gasteiger charge is -2.44. The Hall–Kier alpha value is -2.80. The lowest BCUT2D eigenvalue weighted by molar-refractivity contribution is -0.158. The van der Waals surface area contributed by atoms with Crippen LogP contribution in [-0.4, -0.2) is 55.0 Å². The van der Waals surface area contributed by atoms with Crippen molar-refractivity contribution in [1.82, 2.24) is 9.80 Å². The molecule has 0 bridgehead atoms. The number of hydrogen-bond donors (Lipinski definition) is 0. The summed E-state index contributed by atoms with van der Waals surface area (Å²) in [6.45, 7) is 0.377. The van der Waals surface area contributed by atoms with Crippen LogP contribution in [0.2, 0.25) is 5.02 Å². The number of halogens is 2. The monoisotopic (exact) mass is 502 g/mol. The van der Waals surface area contributed by atoms with E-state index in [1.807, 2.05) is 18.2 Å². The molecule has 6 nitrogen and oxygen atoms in total. The van der Waals surface area contributed by atoms with Crippen LogP contribution >= 0.6 is 11.6 Å². The SMILES string of the molecule is COc1ccc(CCN2C(=O)CN(C3CCCCCC3)C(=O)C2c2ccc(F)cc2Cl)cc1OC. The Morgan fingerprint density at radius 2 is 1.69 bits per heavy atom. The third-order valence-corrected chi connectivity index (χ3v) is 7.39. The molecule has 1 aliphatic carbocycles. The fourth-order valence-corrected chi connectivity index (χ4v) is 5.46. The van der Waals surface area contributed by atoms with Gasteiger partial charge in [0.1, 0.15) is 18.4 Å². The minimum absolute atomic E-state index is 0.0451. The molecule has 2 aliphatic rings. The highest BCUT2D eigenvalue weighted by molar-refractivity contribution is 6.31. The predicted molar refractivity (Wildman–Crippen MR) is 132 cm³/mol. The number of hydrogen-bond acceptors (Lipinski definition) is 4. The summed E-state index contributed by atoms with van der Waals surface area (Å²) in [5, 5.41) is 0.148. The first kappa shape index (κ1) is 25.3. The Bertz CT molecular complexity index is 1070.